The summed E-state index contributed by atoms with van der Waals surface area (Å²) in [5.41, 5.74) is 2.63. The number of nitrogens with one attached hydrogen (secondary N) is 1. The number of anilines is 1. The number of ether oxygens (including phenoxy) is 2. The average molecular weight is 673 g/mol. The number of halogens is 1. The third-order valence-electron chi connectivity index (χ3n) is 8.87. The predicted molar refractivity (Wildman–Crippen MR) is 177 cm³/mol. The van der Waals surface area contributed by atoms with Crippen LogP contribution in [0.2, 0.25) is 0 Å². The summed E-state index contributed by atoms with van der Waals surface area (Å²) in [4.78, 5) is 51.9. The van der Waals surface area contributed by atoms with E-state index in [9.17, 15) is 14.4 Å². The molecule has 3 aliphatic rings. The van der Waals surface area contributed by atoms with Crippen LogP contribution in [-0.2, 0) is 29.0 Å². The van der Waals surface area contributed by atoms with Crippen LogP contribution in [0.3, 0.4) is 0 Å². The molecule has 5 heterocycles. The number of aryl methyl sites for hydroxylation is 1. The van der Waals surface area contributed by atoms with Gasteiger partial charge in [0.2, 0.25) is 0 Å². The van der Waals surface area contributed by atoms with E-state index in [0.717, 1.165) is 30.6 Å². The Bertz CT molecular complexity index is 1840. The van der Waals surface area contributed by atoms with Crippen molar-refractivity contribution in [3.05, 3.63) is 82.6 Å². The number of likely N-dealkylation sites (tertiary alicyclic amines) is 1. The van der Waals surface area contributed by atoms with Gasteiger partial charge >= 0.3 is 6.09 Å². The maximum Gasteiger partial charge on any atom is 0.410 e. The molecule has 0 aliphatic carbocycles. The second-order valence-corrected chi connectivity index (χ2v) is 14.2. The first kappa shape index (κ1) is 31.8. The fraction of sp³-hybridized carbons (Fsp3) is 0.400. The van der Waals surface area contributed by atoms with E-state index in [4.69, 9.17) is 9.47 Å². The van der Waals surface area contributed by atoms with Gasteiger partial charge in [0.25, 0.3) is 11.8 Å². The molecule has 250 valence electrons. The van der Waals surface area contributed by atoms with Crippen LogP contribution < -0.4 is 10.1 Å². The summed E-state index contributed by atoms with van der Waals surface area (Å²) in [6, 6.07) is 9.40. The van der Waals surface area contributed by atoms with E-state index in [1.54, 1.807) is 28.9 Å². The lowest BCUT2D eigenvalue weighted by atomic mass is 9.99. The maximum absolute atomic E-state index is 15.7. The van der Waals surface area contributed by atoms with E-state index >= 15 is 4.39 Å². The molecule has 11 nitrogen and oxygen atoms in total. The molecule has 2 aromatic carbocycles. The molecular weight excluding hydrogens is 635 g/mol. The highest BCUT2D eigenvalue weighted by Crippen LogP contribution is 2.38. The van der Waals surface area contributed by atoms with E-state index in [0.29, 0.717) is 48.1 Å². The first-order valence-electron chi connectivity index (χ1n) is 16.2. The van der Waals surface area contributed by atoms with Crippen molar-refractivity contribution in [3.8, 4) is 16.9 Å². The summed E-state index contributed by atoms with van der Waals surface area (Å²) >= 11 is 1.28. The summed E-state index contributed by atoms with van der Waals surface area (Å²) < 4.78 is 29.4. The van der Waals surface area contributed by atoms with Gasteiger partial charge in [0.15, 0.2) is 11.2 Å². The van der Waals surface area contributed by atoms with Crippen molar-refractivity contribution < 1.29 is 28.2 Å². The van der Waals surface area contributed by atoms with E-state index in [-0.39, 0.29) is 29.9 Å². The summed E-state index contributed by atoms with van der Waals surface area (Å²) in [6.07, 6.45) is 5.96. The second-order valence-electron chi connectivity index (χ2n) is 13.3. The summed E-state index contributed by atoms with van der Waals surface area (Å²) in [5, 5.41) is 4.99. The number of benzene rings is 2. The number of piperidine rings is 1. The zero-order chi connectivity index (χ0) is 33.6. The number of thiazole rings is 1. The summed E-state index contributed by atoms with van der Waals surface area (Å²) in [7, 11) is 0. The molecule has 48 heavy (non-hydrogen) atoms. The number of aromatic nitrogens is 3. The SMILES string of the molecule is CC(C)(C)OC(=O)N1CCC(Oc2ccc(-c3cc(F)c4c(c3)C(=O)N(C(C(=O)Nc3nccs3)c3ncn5c3CCC5)C4)cc2)CC1. The van der Waals surface area contributed by atoms with Crippen LogP contribution in [0.4, 0.5) is 14.3 Å². The van der Waals surface area contributed by atoms with Crippen LogP contribution in [0.25, 0.3) is 11.1 Å². The number of carbonyl (C=O) groups is 3. The van der Waals surface area contributed by atoms with Crippen molar-refractivity contribution in [1.82, 2.24) is 24.3 Å². The van der Waals surface area contributed by atoms with Gasteiger partial charge in [-0.05, 0) is 69.0 Å². The minimum Gasteiger partial charge on any atom is -0.490 e. The third kappa shape index (κ3) is 6.38. The molecule has 3 aliphatic heterocycles. The largest absolute Gasteiger partial charge is 0.490 e. The Morgan fingerprint density at radius 2 is 1.83 bits per heavy atom. The van der Waals surface area contributed by atoms with Crippen molar-refractivity contribution >= 4 is 34.4 Å². The number of imidazole rings is 1. The van der Waals surface area contributed by atoms with Gasteiger partial charge in [-0.1, -0.05) is 12.1 Å². The van der Waals surface area contributed by atoms with Crippen LogP contribution in [0.1, 0.15) is 73.4 Å². The Kier molecular flexibility index (Phi) is 8.40. The quantitative estimate of drug-likeness (QED) is 0.248. The van der Waals surface area contributed by atoms with Crippen LogP contribution in [0.5, 0.6) is 5.75 Å². The van der Waals surface area contributed by atoms with Gasteiger partial charge in [0.05, 0.1) is 18.6 Å². The normalized spacial score (nSPS) is 16.9. The molecule has 0 saturated carbocycles. The molecular formula is C35H37FN6O5S. The van der Waals surface area contributed by atoms with Gasteiger partial charge < -0.3 is 23.8 Å². The van der Waals surface area contributed by atoms with Crippen molar-refractivity contribution in [1.29, 1.82) is 0 Å². The number of rotatable bonds is 7. The van der Waals surface area contributed by atoms with Crippen LogP contribution in [-0.4, -0.2) is 67.0 Å². The maximum atomic E-state index is 15.7. The fourth-order valence-corrected chi connectivity index (χ4v) is 7.10. The van der Waals surface area contributed by atoms with Crippen LogP contribution in [0, 0.1) is 5.82 Å². The number of hydrogen-bond acceptors (Lipinski definition) is 8. The second kappa shape index (κ2) is 12.7. The Balaban J connectivity index is 1.06. The number of nitrogens with zero attached hydrogens (tertiary/aromatic N) is 5. The van der Waals surface area contributed by atoms with Gasteiger partial charge in [-0.2, -0.15) is 0 Å². The zero-order valence-corrected chi connectivity index (χ0v) is 27.9. The van der Waals surface area contributed by atoms with Crippen molar-refractivity contribution in [2.24, 2.45) is 0 Å². The van der Waals surface area contributed by atoms with Crippen LogP contribution >= 0.6 is 11.3 Å². The minimum atomic E-state index is -1.04. The molecule has 3 amide bonds. The number of fused-ring (bicyclic) bond motifs is 2. The Hall–Kier alpha value is -4.78. The molecule has 1 saturated heterocycles. The highest BCUT2D eigenvalue weighted by Gasteiger charge is 2.42. The summed E-state index contributed by atoms with van der Waals surface area (Å²) in [5.74, 6) is -0.710. The lowest BCUT2D eigenvalue weighted by Gasteiger charge is -2.33. The zero-order valence-electron chi connectivity index (χ0n) is 27.1. The number of amides is 3. The lowest BCUT2D eigenvalue weighted by molar-refractivity contribution is -0.121. The van der Waals surface area contributed by atoms with Crippen molar-refractivity contribution in [2.45, 2.75) is 77.3 Å². The molecule has 1 atom stereocenters. The monoisotopic (exact) mass is 672 g/mol. The molecule has 0 radical (unpaired) electrons. The molecule has 7 rings (SSSR count). The Morgan fingerprint density at radius 1 is 1.06 bits per heavy atom. The van der Waals surface area contributed by atoms with E-state index in [2.05, 4.69) is 15.3 Å². The Morgan fingerprint density at radius 3 is 2.54 bits per heavy atom. The van der Waals surface area contributed by atoms with Gasteiger partial charge in [-0.25, -0.2) is 19.2 Å². The van der Waals surface area contributed by atoms with Crippen molar-refractivity contribution in [2.75, 3.05) is 18.4 Å². The molecule has 1 fully saturated rings. The topological polar surface area (TPSA) is 119 Å². The van der Waals surface area contributed by atoms with Gasteiger partial charge in [0, 0.05) is 60.9 Å². The Labute approximate surface area is 281 Å². The molecule has 4 aromatic rings. The number of carbonyl (C=O) groups excluding carboxylic acids is 3. The predicted octanol–water partition coefficient (Wildman–Crippen LogP) is 6.21. The number of hydrogen-bond donors (Lipinski definition) is 1. The first-order chi connectivity index (χ1) is 23.0. The van der Waals surface area contributed by atoms with E-state index < -0.39 is 29.3 Å². The van der Waals surface area contributed by atoms with Gasteiger partial charge in [-0.15, -0.1) is 11.3 Å². The van der Waals surface area contributed by atoms with E-state index in [1.807, 2.05) is 49.6 Å². The molecule has 2 aromatic heterocycles. The van der Waals surface area contributed by atoms with Crippen molar-refractivity contribution in [3.63, 3.8) is 0 Å². The molecule has 13 heteroatoms. The average Bonchev–Trinajstić information content (AvgIpc) is 3.85. The van der Waals surface area contributed by atoms with Crippen LogP contribution in [0.15, 0.2) is 54.3 Å². The minimum absolute atomic E-state index is 0.0483. The highest BCUT2D eigenvalue weighted by atomic mass is 32.1. The molecule has 1 unspecified atom stereocenters. The summed E-state index contributed by atoms with van der Waals surface area (Å²) in [6.45, 7) is 7.40. The third-order valence-corrected chi connectivity index (χ3v) is 9.56. The molecule has 0 bridgehead atoms. The molecule has 0 spiro atoms. The molecule has 1 N–H and O–H groups in total. The first-order valence-corrected chi connectivity index (χ1v) is 17.0. The smallest absolute Gasteiger partial charge is 0.410 e. The lowest BCUT2D eigenvalue weighted by Crippen LogP contribution is -2.44. The van der Waals surface area contributed by atoms with Gasteiger partial charge in [-0.3, -0.25) is 14.9 Å². The standard InChI is InChI=1S/C35H37FN6O5S/c1-35(2,3)47-34(45)40-14-10-24(11-15-40)46-23-8-6-21(7-9-23)22-17-25-26(27(36)18-22)19-42(32(25)44)30(31(43)39-33-37-12-16-48-33)29-28-5-4-13-41(28)20-38-29/h6-9,12,16-18,20,24,30H,4-5,10-11,13-15,19H2,1-3H3,(H,37,39,43). The highest BCUT2D eigenvalue weighted by molar-refractivity contribution is 7.13. The van der Waals surface area contributed by atoms with E-state index in [1.165, 1.54) is 22.3 Å². The fourth-order valence-electron chi connectivity index (χ4n) is 6.57. The van der Waals surface area contributed by atoms with Gasteiger partial charge in [0.1, 0.15) is 23.3 Å².